The van der Waals surface area contributed by atoms with Crippen LogP contribution in [0.15, 0.2) is 22.6 Å². The maximum Gasteiger partial charge on any atom is 0.303 e. The number of carbonyl (C=O) groups is 1. The van der Waals surface area contributed by atoms with Gasteiger partial charge in [-0.15, -0.1) is 0 Å². The van der Waals surface area contributed by atoms with Gasteiger partial charge in [-0.25, -0.2) is 4.98 Å². The molecule has 0 saturated carbocycles. The number of carboxylic acids is 1. The summed E-state index contributed by atoms with van der Waals surface area (Å²) < 4.78 is 10.9. The smallest absolute Gasteiger partial charge is 0.303 e. The maximum atomic E-state index is 10.3. The van der Waals surface area contributed by atoms with E-state index >= 15 is 0 Å². The van der Waals surface area contributed by atoms with Crippen molar-refractivity contribution < 1.29 is 19.1 Å². The van der Waals surface area contributed by atoms with Crippen LogP contribution in [0, 0.1) is 6.92 Å². The van der Waals surface area contributed by atoms with Gasteiger partial charge in [0, 0.05) is 19.4 Å². The van der Waals surface area contributed by atoms with Gasteiger partial charge in [0.1, 0.15) is 11.3 Å². The molecule has 1 heterocycles. The Bertz CT molecular complexity index is 547. The third-order valence-electron chi connectivity index (χ3n) is 2.52. The third kappa shape index (κ3) is 3.23. The lowest BCUT2D eigenvalue weighted by Gasteiger charge is -2.04. The van der Waals surface area contributed by atoms with Crippen LogP contribution in [0.25, 0.3) is 11.1 Å². The standard InChI is InChI=1S/C13H15NO4/c1-9-14-11-6-5-10(8-12(11)18-9)17-7-3-2-4-13(15)16/h5-6,8H,2-4,7H2,1H3,(H,15,16). The van der Waals surface area contributed by atoms with E-state index in [4.69, 9.17) is 14.3 Å². The lowest BCUT2D eigenvalue weighted by atomic mass is 10.2. The molecule has 0 bridgehead atoms. The van der Waals surface area contributed by atoms with Crippen molar-refractivity contribution in [2.45, 2.75) is 26.2 Å². The Morgan fingerprint density at radius 2 is 2.28 bits per heavy atom. The fourth-order valence-electron chi connectivity index (χ4n) is 1.68. The number of hydrogen-bond donors (Lipinski definition) is 1. The van der Waals surface area contributed by atoms with E-state index in [1.54, 1.807) is 13.0 Å². The first kappa shape index (κ1) is 12.4. The molecule has 0 aliphatic rings. The van der Waals surface area contributed by atoms with E-state index in [0.29, 0.717) is 30.3 Å². The van der Waals surface area contributed by atoms with Gasteiger partial charge in [0.2, 0.25) is 0 Å². The molecule has 0 aliphatic carbocycles. The zero-order valence-corrected chi connectivity index (χ0v) is 10.2. The van der Waals surface area contributed by atoms with E-state index in [9.17, 15) is 4.79 Å². The Morgan fingerprint density at radius 3 is 3.06 bits per heavy atom. The molecule has 2 aromatic rings. The van der Waals surface area contributed by atoms with Crippen LogP contribution in [0.3, 0.4) is 0 Å². The third-order valence-corrected chi connectivity index (χ3v) is 2.52. The van der Waals surface area contributed by atoms with Crippen LogP contribution in [0.2, 0.25) is 0 Å². The Balaban J connectivity index is 1.86. The van der Waals surface area contributed by atoms with Gasteiger partial charge in [0.25, 0.3) is 0 Å². The van der Waals surface area contributed by atoms with Crippen LogP contribution in [-0.2, 0) is 4.79 Å². The highest BCUT2D eigenvalue weighted by Gasteiger charge is 2.04. The molecule has 0 saturated heterocycles. The van der Waals surface area contributed by atoms with Crippen molar-refractivity contribution in [2.75, 3.05) is 6.61 Å². The number of ether oxygens (including phenoxy) is 1. The highest BCUT2D eigenvalue weighted by molar-refractivity contribution is 5.74. The predicted molar refractivity (Wildman–Crippen MR) is 65.7 cm³/mol. The molecular formula is C13H15NO4. The van der Waals surface area contributed by atoms with Crippen molar-refractivity contribution in [3.63, 3.8) is 0 Å². The Morgan fingerprint density at radius 1 is 1.44 bits per heavy atom. The number of aliphatic carboxylic acids is 1. The summed E-state index contributed by atoms with van der Waals surface area (Å²) in [5, 5.41) is 8.49. The van der Waals surface area contributed by atoms with Crippen molar-refractivity contribution in [3.05, 3.63) is 24.1 Å². The second kappa shape index (κ2) is 5.53. The second-order valence-corrected chi connectivity index (χ2v) is 4.06. The molecule has 0 amide bonds. The maximum absolute atomic E-state index is 10.3. The van der Waals surface area contributed by atoms with E-state index in [0.717, 1.165) is 11.9 Å². The molecule has 96 valence electrons. The van der Waals surface area contributed by atoms with Gasteiger partial charge in [-0.1, -0.05) is 0 Å². The topological polar surface area (TPSA) is 72.6 Å². The monoisotopic (exact) mass is 249 g/mol. The Hall–Kier alpha value is -2.04. The highest BCUT2D eigenvalue weighted by atomic mass is 16.5. The van der Waals surface area contributed by atoms with Gasteiger partial charge >= 0.3 is 5.97 Å². The summed E-state index contributed by atoms with van der Waals surface area (Å²) >= 11 is 0. The first-order chi connectivity index (χ1) is 8.65. The van der Waals surface area contributed by atoms with Crippen molar-refractivity contribution in [1.29, 1.82) is 0 Å². The molecule has 0 fully saturated rings. The number of fused-ring (bicyclic) bond motifs is 1. The number of nitrogens with zero attached hydrogens (tertiary/aromatic N) is 1. The molecule has 0 atom stereocenters. The number of benzene rings is 1. The molecule has 0 unspecified atom stereocenters. The molecule has 0 spiro atoms. The SMILES string of the molecule is Cc1nc2ccc(OCCCCC(=O)O)cc2o1. The largest absolute Gasteiger partial charge is 0.493 e. The van der Waals surface area contributed by atoms with Crippen molar-refractivity contribution in [3.8, 4) is 5.75 Å². The summed E-state index contributed by atoms with van der Waals surface area (Å²) in [5.74, 6) is 0.575. The van der Waals surface area contributed by atoms with Crippen LogP contribution < -0.4 is 4.74 Å². The van der Waals surface area contributed by atoms with Crippen LogP contribution >= 0.6 is 0 Å². The average molecular weight is 249 g/mol. The number of aryl methyl sites for hydroxylation is 1. The lowest BCUT2D eigenvalue weighted by molar-refractivity contribution is -0.137. The zero-order valence-electron chi connectivity index (χ0n) is 10.2. The Kier molecular flexibility index (Phi) is 3.82. The van der Waals surface area contributed by atoms with Gasteiger partial charge in [0.15, 0.2) is 11.5 Å². The first-order valence-electron chi connectivity index (χ1n) is 5.87. The lowest BCUT2D eigenvalue weighted by Crippen LogP contribution is -2.00. The molecule has 1 aromatic heterocycles. The number of unbranched alkanes of at least 4 members (excludes halogenated alkanes) is 1. The molecule has 1 aromatic carbocycles. The minimum absolute atomic E-state index is 0.184. The zero-order chi connectivity index (χ0) is 13.0. The minimum Gasteiger partial charge on any atom is -0.493 e. The summed E-state index contributed by atoms with van der Waals surface area (Å²) in [6.45, 7) is 2.30. The van der Waals surface area contributed by atoms with Gasteiger partial charge in [-0.2, -0.15) is 0 Å². The molecule has 0 radical (unpaired) electrons. The predicted octanol–water partition coefficient (Wildman–Crippen LogP) is 2.77. The molecule has 0 aliphatic heterocycles. The minimum atomic E-state index is -0.770. The van der Waals surface area contributed by atoms with Crippen LogP contribution in [0.5, 0.6) is 5.75 Å². The van der Waals surface area contributed by atoms with Crippen LogP contribution in [-0.4, -0.2) is 22.7 Å². The highest BCUT2D eigenvalue weighted by Crippen LogP contribution is 2.21. The summed E-state index contributed by atoms with van der Waals surface area (Å²) in [5.41, 5.74) is 1.52. The van der Waals surface area contributed by atoms with E-state index in [1.807, 2.05) is 12.1 Å². The van der Waals surface area contributed by atoms with Crippen molar-refractivity contribution in [1.82, 2.24) is 4.98 Å². The van der Waals surface area contributed by atoms with Gasteiger partial charge < -0.3 is 14.3 Å². The molecule has 5 nitrogen and oxygen atoms in total. The molecule has 2 rings (SSSR count). The summed E-state index contributed by atoms with van der Waals surface area (Å²) in [6, 6.07) is 5.48. The van der Waals surface area contributed by atoms with E-state index in [-0.39, 0.29) is 6.42 Å². The number of rotatable bonds is 6. The number of carboxylic acid groups (broad SMARTS) is 1. The number of oxazole rings is 1. The van der Waals surface area contributed by atoms with E-state index < -0.39 is 5.97 Å². The normalized spacial score (nSPS) is 10.7. The molecule has 1 N–H and O–H groups in total. The molecule has 18 heavy (non-hydrogen) atoms. The van der Waals surface area contributed by atoms with E-state index in [1.165, 1.54) is 0 Å². The van der Waals surface area contributed by atoms with Crippen molar-refractivity contribution in [2.24, 2.45) is 0 Å². The van der Waals surface area contributed by atoms with E-state index in [2.05, 4.69) is 4.98 Å². The van der Waals surface area contributed by atoms with Gasteiger partial charge in [-0.3, -0.25) is 4.79 Å². The van der Waals surface area contributed by atoms with Gasteiger partial charge in [0.05, 0.1) is 6.61 Å². The second-order valence-electron chi connectivity index (χ2n) is 4.06. The summed E-state index contributed by atoms with van der Waals surface area (Å²) in [4.78, 5) is 14.5. The average Bonchev–Trinajstić information content (AvgIpc) is 2.67. The first-order valence-corrected chi connectivity index (χ1v) is 5.87. The van der Waals surface area contributed by atoms with Crippen molar-refractivity contribution >= 4 is 17.1 Å². The Labute approximate surface area is 104 Å². The fourth-order valence-corrected chi connectivity index (χ4v) is 1.68. The number of hydrogen-bond acceptors (Lipinski definition) is 4. The summed E-state index contributed by atoms with van der Waals surface area (Å²) in [6.07, 6.45) is 1.53. The fraction of sp³-hybridized carbons (Fsp3) is 0.385. The summed E-state index contributed by atoms with van der Waals surface area (Å²) in [7, 11) is 0. The molecule has 5 heteroatoms. The van der Waals surface area contributed by atoms with Gasteiger partial charge in [-0.05, 0) is 25.0 Å². The van der Waals surface area contributed by atoms with Crippen LogP contribution in [0.4, 0.5) is 0 Å². The van der Waals surface area contributed by atoms with Crippen LogP contribution in [0.1, 0.15) is 25.2 Å². The quantitative estimate of drug-likeness (QED) is 0.797. The molecular weight excluding hydrogens is 234 g/mol. The number of aromatic nitrogens is 1.